The second-order valence-electron chi connectivity index (χ2n) is 5.59. The lowest BCUT2D eigenvalue weighted by molar-refractivity contribution is -0.141. The molecular weight excluding hydrogens is 282 g/mol. The van der Waals surface area contributed by atoms with Gasteiger partial charge < -0.3 is 9.47 Å². The Labute approximate surface area is 122 Å². The van der Waals surface area contributed by atoms with Gasteiger partial charge in [0.25, 0.3) is 0 Å². The maximum atomic E-state index is 12.1. The summed E-state index contributed by atoms with van der Waals surface area (Å²) in [5.74, 6) is -0.229. The van der Waals surface area contributed by atoms with Gasteiger partial charge in [-0.3, -0.25) is 9.69 Å². The number of rotatable bonds is 9. The van der Waals surface area contributed by atoms with E-state index in [1.807, 2.05) is 4.90 Å². The Morgan fingerprint density at radius 2 is 1.70 bits per heavy atom. The number of esters is 1. The van der Waals surface area contributed by atoms with E-state index >= 15 is 0 Å². The van der Waals surface area contributed by atoms with Gasteiger partial charge in [0.2, 0.25) is 0 Å². The molecule has 20 heavy (non-hydrogen) atoms. The van der Waals surface area contributed by atoms with E-state index in [4.69, 9.17) is 4.74 Å². The van der Waals surface area contributed by atoms with Crippen molar-refractivity contribution < 1.29 is 22.7 Å². The maximum absolute atomic E-state index is 12.1. The van der Waals surface area contributed by atoms with Gasteiger partial charge in [-0.1, -0.05) is 0 Å². The number of sulfone groups is 1. The highest BCUT2D eigenvalue weighted by atomic mass is 32.2. The molecule has 0 aliphatic heterocycles. The van der Waals surface area contributed by atoms with Crippen molar-refractivity contribution in [1.29, 1.82) is 0 Å². The van der Waals surface area contributed by atoms with Gasteiger partial charge in [-0.25, -0.2) is 8.42 Å². The topological polar surface area (TPSA) is 72.9 Å². The molecule has 0 unspecified atom stereocenters. The standard InChI is InChI=1S/C13H27NO5S/c1-13(2,3)20(16,17)11-9-14(8-10-18-4)7-6-12(15)19-5/h6-11H2,1-5H3. The number of carbonyl (C=O) groups excluding carboxylic acids is 1. The van der Waals surface area contributed by atoms with Crippen LogP contribution in [0.2, 0.25) is 0 Å². The van der Waals surface area contributed by atoms with Crippen LogP contribution in [-0.4, -0.2) is 70.2 Å². The van der Waals surface area contributed by atoms with Crippen LogP contribution in [0, 0.1) is 0 Å². The Morgan fingerprint density at radius 1 is 1.10 bits per heavy atom. The molecule has 0 amide bonds. The molecule has 0 rings (SSSR count). The van der Waals surface area contributed by atoms with E-state index in [0.29, 0.717) is 26.2 Å². The molecule has 0 saturated heterocycles. The van der Waals surface area contributed by atoms with Crippen LogP contribution in [0.3, 0.4) is 0 Å². The third kappa shape index (κ3) is 7.21. The van der Waals surface area contributed by atoms with Crippen molar-refractivity contribution in [2.24, 2.45) is 0 Å². The molecule has 0 atom stereocenters. The van der Waals surface area contributed by atoms with Gasteiger partial charge >= 0.3 is 5.97 Å². The van der Waals surface area contributed by atoms with Crippen molar-refractivity contribution in [2.75, 3.05) is 46.2 Å². The van der Waals surface area contributed by atoms with Gasteiger partial charge in [-0.2, -0.15) is 0 Å². The normalized spacial score (nSPS) is 12.7. The Balaban J connectivity index is 4.46. The summed E-state index contributed by atoms with van der Waals surface area (Å²) in [5, 5.41) is 0. The molecule has 0 aromatic rings. The summed E-state index contributed by atoms with van der Waals surface area (Å²) in [6, 6.07) is 0. The lowest BCUT2D eigenvalue weighted by Gasteiger charge is -2.24. The third-order valence-corrected chi connectivity index (χ3v) is 5.67. The summed E-state index contributed by atoms with van der Waals surface area (Å²) in [6.45, 7) is 7.02. The highest BCUT2D eigenvalue weighted by molar-refractivity contribution is 7.92. The molecule has 0 aliphatic carbocycles. The fourth-order valence-electron chi connectivity index (χ4n) is 1.46. The second kappa shape index (κ2) is 8.59. The Morgan fingerprint density at radius 3 is 2.15 bits per heavy atom. The van der Waals surface area contributed by atoms with Crippen LogP contribution in [0.25, 0.3) is 0 Å². The number of hydrogen-bond donors (Lipinski definition) is 0. The lowest BCUT2D eigenvalue weighted by Crippen LogP contribution is -2.38. The summed E-state index contributed by atoms with van der Waals surface area (Å²) in [5.41, 5.74) is 0. The number of ether oxygens (including phenoxy) is 2. The Kier molecular flexibility index (Phi) is 8.30. The first-order valence-corrected chi connectivity index (χ1v) is 8.29. The van der Waals surface area contributed by atoms with E-state index in [1.54, 1.807) is 27.9 Å². The first kappa shape index (κ1) is 19.3. The number of hydrogen-bond acceptors (Lipinski definition) is 6. The van der Waals surface area contributed by atoms with Gasteiger partial charge in [0.05, 0.1) is 30.6 Å². The van der Waals surface area contributed by atoms with Gasteiger partial charge in [-0.15, -0.1) is 0 Å². The summed E-state index contributed by atoms with van der Waals surface area (Å²) in [7, 11) is -0.234. The van der Waals surface area contributed by atoms with E-state index in [-0.39, 0.29) is 18.1 Å². The molecule has 0 bridgehead atoms. The molecule has 0 aromatic carbocycles. The molecule has 120 valence electrons. The molecule has 0 radical (unpaired) electrons. The summed E-state index contributed by atoms with van der Waals surface area (Å²) < 4.78 is 33.0. The monoisotopic (exact) mass is 309 g/mol. The van der Waals surface area contributed by atoms with E-state index in [0.717, 1.165) is 0 Å². The fraction of sp³-hybridized carbons (Fsp3) is 0.923. The van der Waals surface area contributed by atoms with Crippen LogP contribution >= 0.6 is 0 Å². The van der Waals surface area contributed by atoms with Crippen molar-refractivity contribution >= 4 is 15.8 Å². The van der Waals surface area contributed by atoms with Crippen LogP contribution in [0.4, 0.5) is 0 Å². The van der Waals surface area contributed by atoms with Crippen LogP contribution in [0.1, 0.15) is 27.2 Å². The molecule has 0 heterocycles. The highest BCUT2D eigenvalue weighted by Gasteiger charge is 2.29. The van der Waals surface area contributed by atoms with Crippen LogP contribution in [0.15, 0.2) is 0 Å². The zero-order valence-corrected chi connectivity index (χ0v) is 14.0. The first-order chi connectivity index (χ1) is 9.14. The molecule has 0 aromatic heterocycles. The molecular formula is C13H27NO5S. The molecule has 0 fully saturated rings. The first-order valence-electron chi connectivity index (χ1n) is 6.64. The number of methoxy groups -OCH3 is 2. The fourth-order valence-corrected chi connectivity index (χ4v) is 2.57. The lowest BCUT2D eigenvalue weighted by atomic mass is 10.3. The van der Waals surface area contributed by atoms with Crippen molar-refractivity contribution in [3.8, 4) is 0 Å². The van der Waals surface area contributed by atoms with Crippen molar-refractivity contribution in [3.05, 3.63) is 0 Å². The molecule has 7 heteroatoms. The van der Waals surface area contributed by atoms with Gasteiger partial charge in [-0.05, 0) is 20.8 Å². The van der Waals surface area contributed by atoms with Crippen LogP contribution in [-0.2, 0) is 24.1 Å². The summed E-state index contributed by atoms with van der Waals surface area (Å²) >= 11 is 0. The van der Waals surface area contributed by atoms with Gasteiger partial charge in [0.1, 0.15) is 0 Å². The largest absolute Gasteiger partial charge is 0.469 e. The van der Waals surface area contributed by atoms with Crippen LogP contribution < -0.4 is 0 Å². The minimum atomic E-state index is -3.16. The zero-order valence-electron chi connectivity index (χ0n) is 13.1. The predicted molar refractivity (Wildman–Crippen MR) is 78.5 cm³/mol. The number of carbonyl (C=O) groups is 1. The molecule has 0 N–H and O–H groups in total. The van der Waals surface area contributed by atoms with E-state index in [1.165, 1.54) is 7.11 Å². The summed E-state index contributed by atoms with van der Waals surface area (Å²) in [4.78, 5) is 13.1. The van der Waals surface area contributed by atoms with E-state index in [9.17, 15) is 13.2 Å². The minimum absolute atomic E-state index is 0.0708. The second-order valence-corrected chi connectivity index (χ2v) is 8.45. The summed E-state index contributed by atoms with van der Waals surface area (Å²) in [6.07, 6.45) is 0.246. The third-order valence-electron chi connectivity index (χ3n) is 3.08. The zero-order chi connectivity index (χ0) is 15.8. The highest BCUT2D eigenvalue weighted by Crippen LogP contribution is 2.16. The minimum Gasteiger partial charge on any atom is -0.469 e. The van der Waals surface area contributed by atoms with E-state index in [2.05, 4.69) is 4.74 Å². The van der Waals surface area contributed by atoms with Gasteiger partial charge in [0.15, 0.2) is 9.84 Å². The molecule has 0 aliphatic rings. The Hall–Kier alpha value is -0.660. The smallest absolute Gasteiger partial charge is 0.306 e. The maximum Gasteiger partial charge on any atom is 0.306 e. The quantitative estimate of drug-likeness (QED) is 0.584. The average Bonchev–Trinajstić information content (AvgIpc) is 2.36. The SMILES string of the molecule is COCCN(CCC(=O)OC)CCS(=O)(=O)C(C)(C)C. The van der Waals surface area contributed by atoms with Crippen molar-refractivity contribution in [3.63, 3.8) is 0 Å². The number of nitrogens with zero attached hydrogens (tertiary/aromatic N) is 1. The molecule has 0 spiro atoms. The van der Waals surface area contributed by atoms with Gasteiger partial charge in [0, 0.05) is 26.7 Å². The molecule has 6 nitrogen and oxygen atoms in total. The van der Waals surface area contributed by atoms with Crippen molar-refractivity contribution in [1.82, 2.24) is 4.90 Å². The van der Waals surface area contributed by atoms with Crippen molar-refractivity contribution in [2.45, 2.75) is 31.9 Å². The van der Waals surface area contributed by atoms with E-state index < -0.39 is 14.6 Å². The Bertz CT molecular complexity index is 386. The molecule has 0 saturated carbocycles. The average molecular weight is 309 g/mol. The van der Waals surface area contributed by atoms with Crippen LogP contribution in [0.5, 0.6) is 0 Å². The predicted octanol–water partition coefficient (Wildman–Crippen LogP) is 0.711.